The zero-order valence-electron chi connectivity index (χ0n) is 14.4. The van der Waals surface area contributed by atoms with Crippen LogP contribution in [0.2, 0.25) is 0 Å². The summed E-state index contributed by atoms with van der Waals surface area (Å²) in [4.78, 5) is 37.2. The van der Waals surface area contributed by atoms with Gasteiger partial charge in [-0.15, -0.1) is 0 Å². The summed E-state index contributed by atoms with van der Waals surface area (Å²) in [6.07, 6.45) is 1.83. The Morgan fingerprint density at radius 2 is 1.92 bits per heavy atom. The first-order chi connectivity index (χ1) is 11.9. The molecule has 0 aromatic heterocycles. The van der Waals surface area contributed by atoms with Crippen molar-refractivity contribution in [1.29, 1.82) is 0 Å². The van der Waals surface area contributed by atoms with Crippen LogP contribution in [0.3, 0.4) is 0 Å². The molecule has 1 aromatic carbocycles. The molecule has 3 rings (SSSR count). The molecular formula is C18H22N2O5. The van der Waals surface area contributed by atoms with Crippen LogP contribution in [0.4, 0.5) is 4.79 Å². The Balaban J connectivity index is 1.42. The molecule has 1 N–H and O–H groups in total. The van der Waals surface area contributed by atoms with Gasteiger partial charge < -0.3 is 14.8 Å². The zero-order chi connectivity index (χ0) is 18.0. The molecule has 1 saturated heterocycles. The van der Waals surface area contributed by atoms with E-state index in [2.05, 4.69) is 5.32 Å². The molecule has 1 aromatic rings. The van der Waals surface area contributed by atoms with Crippen molar-refractivity contribution in [2.24, 2.45) is 5.92 Å². The van der Waals surface area contributed by atoms with Crippen molar-refractivity contribution in [3.05, 3.63) is 29.8 Å². The molecule has 1 heterocycles. The van der Waals surface area contributed by atoms with Crippen LogP contribution in [0.1, 0.15) is 25.3 Å². The highest BCUT2D eigenvalue weighted by atomic mass is 16.6. The van der Waals surface area contributed by atoms with Gasteiger partial charge in [0, 0.05) is 0 Å². The van der Waals surface area contributed by atoms with Crippen molar-refractivity contribution in [1.82, 2.24) is 10.2 Å². The Bertz CT molecular complexity index is 683. The Morgan fingerprint density at radius 1 is 1.24 bits per heavy atom. The van der Waals surface area contributed by atoms with Gasteiger partial charge in [-0.1, -0.05) is 17.7 Å². The van der Waals surface area contributed by atoms with Crippen LogP contribution >= 0.6 is 0 Å². The summed E-state index contributed by atoms with van der Waals surface area (Å²) in [6, 6.07) is 6.99. The summed E-state index contributed by atoms with van der Waals surface area (Å²) < 4.78 is 10.5. The van der Waals surface area contributed by atoms with Crippen LogP contribution in [-0.2, 0) is 14.3 Å². The molecular weight excluding hydrogens is 324 g/mol. The monoisotopic (exact) mass is 346 g/mol. The van der Waals surface area contributed by atoms with Gasteiger partial charge in [0.1, 0.15) is 31.0 Å². The van der Waals surface area contributed by atoms with Gasteiger partial charge in [0.05, 0.1) is 0 Å². The van der Waals surface area contributed by atoms with E-state index in [1.165, 1.54) is 0 Å². The fourth-order valence-corrected chi connectivity index (χ4v) is 2.92. The van der Waals surface area contributed by atoms with E-state index in [-0.39, 0.29) is 31.6 Å². The number of amides is 3. The van der Waals surface area contributed by atoms with Gasteiger partial charge in [-0.2, -0.15) is 0 Å². The van der Waals surface area contributed by atoms with Gasteiger partial charge in [-0.25, -0.2) is 4.79 Å². The Hall–Kier alpha value is -2.57. The van der Waals surface area contributed by atoms with Gasteiger partial charge in [0.2, 0.25) is 0 Å². The van der Waals surface area contributed by atoms with Crippen LogP contribution in [0.25, 0.3) is 0 Å². The minimum Gasteiger partial charge on any atom is -0.490 e. The summed E-state index contributed by atoms with van der Waals surface area (Å²) in [6.45, 7) is 3.57. The minimum absolute atomic E-state index is 0.0518. The summed E-state index contributed by atoms with van der Waals surface area (Å²) in [5.41, 5.74) is 0.247. The number of aryl methyl sites for hydroxylation is 1. The lowest BCUT2D eigenvalue weighted by Gasteiger charge is -2.20. The molecule has 1 saturated carbocycles. The number of imide groups is 1. The highest BCUT2D eigenvalue weighted by Crippen LogP contribution is 2.42. The third-order valence-corrected chi connectivity index (χ3v) is 4.62. The largest absolute Gasteiger partial charge is 0.490 e. The topological polar surface area (TPSA) is 84.9 Å². The van der Waals surface area contributed by atoms with Gasteiger partial charge in [0.25, 0.3) is 5.91 Å². The first-order valence-electron chi connectivity index (χ1n) is 8.39. The zero-order valence-corrected chi connectivity index (χ0v) is 14.4. The first kappa shape index (κ1) is 17.3. The van der Waals surface area contributed by atoms with Crippen LogP contribution < -0.4 is 10.1 Å². The second kappa shape index (κ2) is 6.74. The Labute approximate surface area is 146 Å². The molecule has 1 aliphatic heterocycles. The number of hydrogen-bond donors (Lipinski definition) is 1. The van der Waals surface area contributed by atoms with Crippen molar-refractivity contribution in [2.75, 3.05) is 19.8 Å². The molecule has 0 unspecified atom stereocenters. The number of rotatable bonds is 7. The second-order valence-electron chi connectivity index (χ2n) is 6.68. The average Bonchev–Trinajstić information content (AvgIpc) is 3.40. The number of carbonyl (C=O) groups excluding carboxylic acids is 3. The number of benzene rings is 1. The van der Waals surface area contributed by atoms with E-state index < -0.39 is 17.5 Å². The fraction of sp³-hybridized carbons (Fsp3) is 0.500. The predicted octanol–water partition coefficient (Wildman–Crippen LogP) is 1.64. The maximum absolute atomic E-state index is 12.4. The Kier molecular flexibility index (Phi) is 4.65. The summed E-state index contributed by atoms with van der Waals surface area (Å²) >= 11 is 0. The number of carbonyl (C=O) groups is 3. The van der Waals surface area contributed by atoms with Gasteiger partial charge in [-0.05, 0) is 44.7 Å². The van der Waals surface area contributed by atoms with Gasteiger partial charge in [0.15, 0.2) is 0 Å². The molecule has 7 nitrogen and oxygen atoms in total. The number of urea groups is 1. The van der Waals surface area contributed by atoms with Crippen molar-refractivity contribution in [3.63, 3.8) is 0 Å². The second-order valence-corrected chi connectivity index (χ2v) is 6.68. The highest BCUT2D eigenvalue weighted by Gasteiger charge is 2.56. The fourth-order valence-electron chi connectivity index (χ4n) is 2.92. The number of ether oxygens (including phenoxy) is 2. The first-order valence-corrected chi connectivity index (χ1v) is 8.39. The molecule has 1 aliphatic carbocycles. The van der Waals surface area contributed by atoms with E-state index in [0.29, 0.717) is 5.75 Å². The van der Waals surface area contributed by atoms with Crippen molar-refractivity contribution < 1.29 is 23.9 Å². The number of nitrogens with one attached hydrogen (secondary N) is 1. The molecule has 2 aliphatic rings. The molecule has 1 atom stereocenters. The molecule has 25 heavy (non-hydrogen) atoms. The maximum atomic E-state index is 12.4. The minimum atomic E-state index is -0.883. The number of nitrogens with zero attached hydrogens (tertiary/aromatic N) is 1. The summed E-state index contributed by atoms with van der Waals surface area (Å²) in [5.74, 6) is -0.132. The molecule has 3 amide bonds. The van der Waals surface area contributed by atoms with Crippen LogP contribution in [-0.4, -0.2) is 48.1 Å². The standard InChI is InChI=1S/C18H22N2O5/c1-12-3-7-14(8-4-12)24-9-10-25-15(21)11-20-16(22)18(2,13-5-6-13)19-17(20)23/h3-4,7-8,13H,5-6,9-11H2,1-2H3,(H,19,23)/t18-/m0/s1. The lowest BCUT2D eigenvalue weighted by Crippen LogP contribution is -2.46. The van der Waals surface area contributed by atoms with E-state index in [1.54, 1.807) is 6.92 Å². The molecule has 7 heteroatoms. The van der Waals surface area contributed by atoms with Crippen LogP contribution in [0.15, 0.2) is 24.3 Å². The normalized spacial score (nSPS) is 22.7. The molecule has 0 spiro atoms. The molecule has 2 fully saturated rings. The van der Waals surface area contributed by atoms with Gasteiger partial charge in [-0.3, -0.25) is 14.5 Å². The lowest BCUT2D eigenvalue weighted by atomic mass is 9.96. The van der Waals surface area contributed by atoms with E-state index in [4.69, 9.17) is 9.47 Å². The van der Waals surface area contributed by atoms with Crippen molar-refractivity contribution in [2.45, 2.75) is 32.2 Å². The van der Waals surface area contributed by atoms with Crippen molar-refractivity contribution in [3.8, 4) is 5.75 Å². The van der Waals surface area contributed by atoms with E-state index in [0.717, 1.165) is 23.3 Å². The maximum Gasteiger partial charge on any atom is 0.326 e. The summed E-state index contributed by atoms with van der Waals surface area (Å²) in [7, 11) is 0. The van der Waals surface area contributed by atoms with Crippen LogP contribution in [0, 0.1) is 12.8 Å². The quantitative estimate of drug-likeness (QED) is 0.461. The van der Waals surface area contributed by atoms with Crippen molar-refractivity contribution >= 4 is 17.9 Å². The Morgan fingerprint density at radius 3 is 2.56 bits per heavy atom. The third kappa shape index (κ3) is 3.75. The van der Waals surface area contributed by atoms with E-state index in [9.17, 15) is 14.4 Å². The average molecular weight is 346 g/mol. The lowest BCUT2D eigenvalue weighted by molar-refractivity contribution is -0.148. The predicted molar refractivity (Wildman–Crippen MR) is 89.0 cm³/mol. The SMILES string of the molecule is Cc1ccc(OCCOC(=O)CN2C(=O)N[C@@](C)(C3CC3)C2=O)cc1. The smallest absolute Gasteiger partial charge is 0.326 e. The third-order valence-electron chi connectivity index (χ3n) is 4.62. The van der Waals surface area contributed by atoms with Crippen LogP contribution in [0.5, 0.6) is 5.75 Å². The van der Waals surface area contributed by atoms with E-state index in [1.807, 2.05) is 31.2 Å². The molecule has 134 valence electrons. The number of hydrogen-bond acceptors (Lipinski definition) is 5. The van der Waals surface area contributed by atoms with Gasteiger partial charge >= 0.3 is 12.0 Å². The molecule has 0 bridgehead atoms. The number of esters is 1. The summed E-state index contributed by atoms with van der Waals surface area (Å²) in [5, 5.41) is 2.70. The molecule has 0 radical (unpaired) electrons. The highest BCUT2D eigenvalue weighted by molar-refractivity contribution is 6.08. The van der Waals surface area contributed by atoms with E-state index >= 15 is 0 Å².